The normalized spacial score (nSPS) is 24.8. The number of anilines is 1. The first kappa shape index (κ1) is 31.2. The molecule has 6 rings (SSSR count). The molecule has 1 saturated heterocycles. The minimum absolute atomic E-state index is 0.180. The number of nitrogens with zero attached hydrogens (tertiary/aromatic N) is 1. The Balaban J connectivity index is 1.70. The number of hydrogen-bond acceptors (Lipinski definition) is 6. The molecule has 5 atom stereocenters. The molecule has 4 aromatic rings. The topological polar surface area (TPSA) is 108 Å². The molecule has 3 N–H and O–H groups in total. The number of carbonyl (C=O) groups is 3. The van der Waals surface area contributed by atoms with Crippen LogP contribution in [0, 0.1) is 12.3 Å². The summed E-state index contributed by atoms with van der Waals surface area (Å²) >= 11 is 0. The highest BCUT2D eigenvalue weighted by atomic mass is 16.5. The van der Waals surface area contributed by atoms with Crippen LogP contribution in [0.3, 0.4) is 0 Å². The number of aryl methyl sites for hydroxylation is 1. The maximum absolute atomic E-state index is 15.5. The lowest BCUT2D eigenvalue weighted by Gasteiger charge is -2.50. The molecule has 0 unspecified atom stereocenters. The summed E-state index contributed by atoms with van der Waals surface area (Å²) in [6.45, 7) is 9.26. The molecule has 0 aromatic heterocycles. The third-order valence-electron chi connectivity index (χ3n) is 8.90. The lowest BCUT2D eigenvalue weighted by Crippen LogP contribution is -2.71. The van der Waals surface area contributed by atoms with Crippen LogP contribution in [-0.4, -0.2) is 40.5 Å². The van der Waals surface area contributed by atoms with Crippen LogP contribution in [0.5, 0.6) is 5.75 Å². The zero-order valence-electron chi connectivity index (χ0n) is 26.7. The fourth-order valence-electron chi connectivity index (χ4n) is 6.87. The third kappa shape index (κ3) is 4.89. The predicted molar refractivity (Wildman–Crippen MR) is 176 cm³/mol. The zero-order chi connectivity index (χ0) is 32.9. The van der Waals surface area contributed by atoms with Crippen molar-refractivity contribution in [3.63, 3.8) is 0 Å². The van der Waals surface area contributed by atoms with E-state index in [2.05, 4.69) is 10.6 Å². The maximum Gasteiger partial charge on any atom is 0.265 e. The quantitative estimate of drug-likeness (QED) is 0.266. The summed E-state index contributed by atoms with van der Waals surface area (Å²) < 4.78 is 6.70. The van der Waals surface area contributed by atoms with Crippen molar-refractivity contribution in [1.29, 1.82) is 0 Å². The molecule has 2 aliphatic heterocycles. The largest absolute Gasteiger partial charge is 0.473 e. The number of hydrogen-bond donors (Lipinski definition) is 3. The highest BCUT2D eigenvalue weighted by molar-refractivity contribution is 6.20. The van der Waals surface area contributed by atoms with Gasteiger partial charge in [0, 0.05) is 17.3 Å². The van der Waals surface area contributed by atoms with Gasteiger partial charge in [-0.3, -0.25) is 24.6 Å². The van der Waals surface area contributed by atoms with Crippen molar-refractivity contribution in [3.8, 4) is 5.75 Å². The molecule has 0 bridgehead atoms. The minimum Gasteiger partial charge on any atom is -0.473 e. The Morgan fingerprint density at radius 3 is 2.09 bits per heavy atom. The van der Waals surface area contributed by atoms with Gasteiger partial charge in [-0.1, -0.05) is 90.5 Å². The standard InChI is InChI=1S/C38H39N3O5/c1-24-21-22-30-29(23-24)32(42)37(34(46-30)39-25(2)26-15-9-6-10-16-26)31(33(43)40-36(3,4)5)41(28-19-13-8-14-20-28)35(44)38(37,45)27-17-11-7-12-18-27/h6-23,25,31,34,39,45H,1-5H3,(H,40,43)/t25-,31+,34-,37-,38+/m0/s1. The third-order valence-corrected chi connectivity index (χ3v) is 8.90. The minimum atomic E-state index is -2.53. The summed E-state index contributed by atoms with van der Waals surface area (Å²) in [6, 6.07) is 30.0. The van der Waals surface area contributed by atoms with E-state index in [0.29, 0.717) is 11.4 Å². The van der Waals surface area contributed by atoms with Crippen LogP contribution in [0.2, 0.25) is 0 Å². The number of fused-ring (bicyclic) bond motifs is 1. The molecule has 0 aliphatic carbocycles. The monoisotopic (exact) mass is 617 g/mol. The highest BCUT2D eigenvalue weighted by Gasteiger charge is 2.80. The molecule has 236 valence electrons. The number of Topliss-reactive ketones (excluding diaryl/α,β-unsaturated/α-hetero) is 1. The van der Waals surface area contributed by atoms with E-state index >= 15 is 9.59 Å². The van der Waals surface area contributed by atoms with Gasteiger partial charge in [0.05, 0.1) is 5.56 Å². The number of benzene rings is 4. The second-order valence-corrected chi connectivity index (χ2v) is 13.2. The molecule has 46 heavy (non-hydrogen) atoms. The molecule has 1 spiro atoms. The van der Waals surface area contributed by atoms with Crippen LogP contribution in [-0.2, 0) is 15.2 Å². The number of ketones is 1. The lowest BCUT2D eigenvalue weighted by atomic mass is 9.60. The molecular formula is C38H39N3O5. The van der Waals surface area contributed by atoms with Crippen molar-refractivity contribution >= 4 is 23.3 Å². The van der Waals surface area contributed by atoms with Crippen molar-refractivity contribution in [2.24, 2.45) is 5.41 Å². The van der Waals surface area contributed by atoms with Crippen LogP contribution in [0.15, 0.2) is 109 Å². The average Bonchev–Trinajstić information content (AvgIpc) is 3.25. The van der Waals surface area contributed by atoms with E-state index in [-0.39, 0.29) is 11.1 Å². The first-order valence-corrected chi connectivity index (χ1v) is 15.5. The lowest BCUT2D eigenvalue weighted by molar-refractivity contribution is -0.157. The van der Waals surface area contributed by atoms with Gasteiger partial charge in [-0.2, -0.15) is 0 Å². The molecular weight excluding hydrogens is 578 g/mol. The Kier molecular flexibility index (Phi) is 7.82. The number of rotatable bonds is 6. The number of carbonyl (C=O) groups excluding carboxylic acids is 3. The Morgan fingerprint density at radius 2 is 1.48 bits per heavy atom. The maximum atomic E-state index is 15.5. The first-order valence-electron chi connectivity index (χ1n) is 15.5. The summed E-state index contributed by atoms with van der Waals surface area (Å²) in [5, 5.41) is 19.7. The summed E-state index contributed by atoms with van der Waals surface area (Å²) in [5.41, 5.74) is -3.04. The number of amides is 2. The van der Waals surface area contributed by atoms with Crippen LogP contribution in [0.25, 0.3) is 0 Å². The molecule has 4 aromatic carbocycles. The van der Waals surface area contributed by atoms with E-state index in [1.165, 1.54) is 4.90 Å². The highest BCUT2D eigenvalue weighted by Crippen LogP contribution is 2.59. The molecule has 2 aliphatic rings. The van der Waals surface area contributed by atoms with Crippen molar-refractivity contribution in [2.75, 3.05) is 4.90 Å². The zero-order valence-corrected chi connectivity index (χ0v) is 26.7. The molecule has 8 nitrogen and oxygen atoms in total. The van der Waals surface area contributed by atoms with Gasteiger partial charge in [0.1, 0.15) is 11.8 Å². The smallest absolute Gasteiger partial charge is 0.265 e. The van der Waals surface area contributed by atoms with Crippen LogP contribution in [0.1, 0.15) is 60.8 Å². The number of ether oxygens (including phenoxy) is 1. The van der Waals surface area contributed by atoms with Gasteiger partial charge >= 0.3 is 0 Å². The van der Waals surface area contributed by atoms with E-state index in [1.54, 1.807) is 72.8 Å². The Morgan fingerprint density at radius 1 is 0.891 bits per heavy atom. The number of para-hydroxylation sites is 1. The molecule has 0 radical (unpaired) electrons. The number of aliphatic hydroxyl groups is 1. The van der Waals surface area contributed by atoms with Crippen LogP contribution >= 0.6 is 0 Å². The summed E-state index contributed by atoms with van der Waals surface area (Å²) in [7, 11) is 0. The Hall–Kier alpha value is -4.79. The van der Waals surface area contributed by atoms with E-state index in [9.17, 15) is 9.90 Å². The molecule has 2 amide bonds. The van der Waals surface area contributed by atoms with Gasteiger partial charge < -0.3 is 15.2 Å². The molecule has 0 saturated carbocycles. The van der Waals surface area contributed by atoms with E-state index < -0.39 is 52.5 Å². The summed E-state index contributed by atoms with van der Waals surface area (Å²) in [5.74, 6) is -1.66. The fraction of sp³-hybridized carbons (Fsp3) is 0.289. The average molecular weight is 618 g/mol. The summed E-state index contributed by atoms with van der Waals surface area (Å²) in [6.07, 6.45) is -1.33. The van der Waals surface area contributed by atoms with E-state index in [1.807, 2.05) is 71.0 Å². The van der Waals surface area contributed by atoms with Gasteiger partial charge in [0.25, 0.3) is 5.91 Å². The fourth-order valence-corrected chi connectivity index (χ4v) is 6.87. The van der Waals surface area contributed by atoms with Gasteiger partial charge in [-0.25, -0.2) is 0 Å². The summed E-state index contributed by atoms with van der Waals surface area (Å²) in [4.78, 5) is 46.6. The Bertz CT molecular complexity index is 1770. The first-order chi connectivity index (χ1) is 21.9. The van der Waals surface area contributed by atoms with Gasteiger partial charge in [-0.05, 0) is 70.0 Å². The van der Waals surface area contributed by atoms with E-state index in [4.69, 9.17) is 4.74 Å². The van der Waals surface area contributed by atoms with E-state index in [0.717, 1.165) is 11.1 Å². The predicted octanol–water partition coefficient (Wildman–Crippen LogP) is 5.45. The Labute approximate surface area is 269 Å². The van der Waals surface area contributed by atoms with Crippen molar-refractivity contribution in [3.05, 3.63) is 131 Å². The van der Waals surface area contributed by atoms with Gasteiger partial charge in [0.2, 0.25) is 5.91 Å². The van der Waals surface area contributed by atoms with Crippen molar-refractivity contribution in [1.82, 2.24) is 10.6 Å². The SMILES string of the molecule is Cc1ccc2c(c1)C(=O)[C@]1([C@@H](N[C@@H](C)c3ccccc3)O2)[C@@H](C(=O)NC(C)(C)C)N(c2ccccc2)C(=O)[C@]1(O)c1ccccc1. The molecule has 2 heterocycles. The van der Waals surface area contributed by atoms with Crippen molar-refractivity contribution < 1.29 is 24.2 Å². The second kappa shape index (κ2) is 11.5. The van der Waals surface area contributed by atoms with Gasteiger partial charge in [-0.15, -0.1) is 0 Å². The van der Waals surface area contributed by atoms with Crippen LogP contribution in [0.4, 0.5) is 5.69 Å². The van der Waals surface area contributed by atoms with Crippen molar-refractivity contribution in [2.45, 2.75) is 64.1 Å². The van der Waals surface area contributed by atoms with Gasteiger partial charge in [0.15, 0.2) is 23.0 Å². The second-order valence-electron chi connectivity index (χ2n) is 13.2. The number of nitrogens with one attached hydrogen (secondary N) is 2. The van der Waals surface area contributed by atoms with Crippen LogP contribution < -0.4 is 20.3 Å². The molecule has 1 fully saturated rings. The molecule has 8 heteroatoms.